The van der Waals surface area contributed by atoms with Crippen LogP contribution in [-0.4, -0.2) is 87.0 Å². The van der Waals surface area contributed by atoms with Crippen molar-refractivity contribution < 1.29 is 14.6 Å². The number of nitrogens with zero attached hydrogens (tertiary/aromatic N) is 5. The van der Waals surface area contributed by atoms with E-state index in [0.29, 0.717) is 30.9 Å². The van der Waals surface area contributed by atoms with Crippen LogP contribution in [0.1, 0.15) is 28.2 Å². The van der Waals surface area contributed by atoms with Crippen molar-refractivity contribution in [2.24, 2.45) is 0 Å². The van der Waals surface area contributed by atoms with Gasteiger partial charge in [0.05, 0.1) is 24.9 Å². The maximum Gasteiger partial charge on any atom is 0.259 e. The molecular formula is C18H25N5O3. The topological polar surface area (TPSA) is 83.2 Å². The van der Waals surface area contributed by atoms with Crippen LogP contribution in [0.2, 0.25) is 0 Å². The molecule has 2 atom stereocenters. The van der Waals surface area contributed by atoms with Crippen LogP contribution >= 0.6 is 0 Å². The van der Waals surface area contributed by atoms with Crippen molar-refractivity contribution in [2.45, 2.75) is 32.4 Å². The minimum absolute atomic E-state index is 0.0427. The van der Waals surface area contributed by atoms with E-state index in [-0.39, 0.29) is 11.9 Å². The molecule has 2 aliphatic rings. The number of likely N-dealkylation sites (tertiary alicyclic amines) is 1. The Morgan fingerprint density at radius 2 is 2.12 bits per heavy atom. The molecule has 2 saturated heterocycles. The fourth-order valence-electron chi connectivity index (χ4n) is 3.98. The van der Waals surface area contributed by atoms with Crippen LogP contribution in [0.15, 0.2) is 12.3 Å². The molecule has 0 bridgehead atoms. The highest BCUT2D eigenvalue weighted by atomic mass is 16.5. The normalized spacial score (nSPS) is 25.0. The van der Waals surface area contributed by atoms with Crippen LogP contribution in [0.3, 0.4) is 0 Å². The molecule has 4 rings (SSSR count). The van der Waals surface area contributed by atoms with Crippen molar-refractivity contribution in [1.29, 1.82) is 0 Å². The van der Waals surface area contributed by atoms with Crippen molar-refractivity contribution in [3.05, 3.63) is 29.2 Å². The number of carbonyl (C=O) groups excluding carboxylic acids is 1. The van der Waals surface area contributed by atoms with Crippen molar-refractivity contribution in [3.63, 3.8) is 0 Å². The minimum Gasteiger partial charge on any atom is -0.390 e. The highest BCUT2D eigenvalue weighted by Gasteiger charge is 2.38. The van der Waals surface area contributed by atoms with Gasteiger partial charge in [-0.1, -0.05) is 0 Å². The van der Waals surface area contributed by atoms with Gasteiger partial charge in [-0.25, -0.2) is 9.50 Å². The summed E-state index contributed by atoms with van der Waals surface area (Å²) in [5, 5.41) is 14.8. The molecule has 4 heterocycles. The lowest BCUT2D eigenvalue weighted by molar-refractivity contribution is 0.0750. The summed E-state index contributed by atoms with van der Waals surface area (Å²) in [6.45, 7) is 7.82. The Kier molecular flexibility index (Phi) is 4.64. The zero-order valence-electron chi connectivity index (χ0n) is 15.3. The van der Waals surface area contributed by atoms with E-state index in [2.05, 4.69) is 15.0 Å². The fraction of sp³-hybridized carbons (Fsp3) is 0.611. The van der Waals surface area contributed by atoms with E-state index in [0.717, 1.165) is 37.5 Å². The third-order valence-electron chi connectivity index (χ3n) is 5.28. The van der Waals surface area contributed by atoms with Gasteiger partial charge < -0.3 is 14.7 Å². The molecule has 0 aromatic carbocycles. The first-order valence-electron chi connectivity index (χ1n) is 9.15. The summed E-state index contributed by atoms with van der Waals surface area (Å²) in [6.07, 6.45) is 1.99. The standard InChI is InChI=1S/C18H25N5O3/c1-12-8-13(2)23-17(20-12)14(9-19-23)18(25)22-10-15(16(24)11-22)21-4-3-6-26-7-5-21/h8-9,15-16,24H,3-7,10-11H2,1-2H3/t15-,16-/m0/s1. The Balaban J connectivity index is 1.56. The molecule has 1 amide bonds. The Bertz CT molecular complexity index is 813. The second-order valence-electron chi connectivity index (χ2n) is 7.18. The van der Waals surface area contributed by atoms with Gasteiger partial charge in [-0.05, 0) is 26.3 Å². The molecule has 2 aromatic heterocycles. The monoisotopic (exact) mass is 359 g/mol. The largest absolute Gasteiger partial charge is 0.390 e. The molecule has 2 fully saturated rings. The molecule has 0 spiro atoms. The van der Waals surface area contributed by atoms with Crippen molar-refractivity contribution in [1.82, 2.24) is 24.4 Å². The Hall–Kier alpha value is -2.03. The van der Waals surface area contributed by atoms with Crippen molar-refractivity contribution in [3.8, 4) is 0 Å². The van der Waals surface area contributed by atoms with Crippen molar-refractivity contribution >= 4 is 11.6 Å². The molecule has 140 valence electrons. The van der Waals surface area contributed by atoms with Gasteiger partial charge in [0.25, 0.3) is 5.91 Å². The SMILES string of the molecule is Cc1cc(C)n2ncc(C(=O)N3C[C@H](O)[C@@H](N4CCCOCC4)C3)c2n1. The van der Waals surface area contributed by atoms with Gasteiger partial charge >= 0.3 is 0 Å². The molecule has 8 heteroatoms. The van der Waals surface area contributed by atoms with E-state index in [4.69, 9.17) is 4.74 Å². The summed E-state index contributed by atoms with van der Waals surface area (Å²) in [5.41, 5.74) is 2.86. The van der Waals surface area contributed by atoms with E-state index >= 15 is 0 Å². The molecule has 0 radical (unpaired) electrons. The average molecular weight is 359 g/mol. The van der Waals surface area contributed by atoms with Gasteiger partial charge in [0.15, 0.2) is 5.65 Å². The number of amides is 1. The second kappa shape index (κ2) is 6.94. The van der Waals surface area contributed by atoms with E-state index in [9.17, 15) is 9.90 Å². The quantitative estimate of drug-likeness (QED) is 0.828. The number of aromatic nitrogens is 3. The van der Waals surface area contributed by atoms with Crippen LogP contribution < -0.4 is 0 Å². The lowest BCUT2D eigenvalue weighted by Crippen LogP contribution is -2.44. The van der Waals surface area contributed by atoms with Gasteiger partial charge in [-0.3, -0.25) is 9.69 Å². The molecule has 0 aliphatic carbocycles. The fourth-order valence-corrected chi connectivity index (χ4v) is 3.98. The maximum absolute atomic E-state index is 13.1. The molecule has 8 nitrogen and oxygen atoms in total. The number of fused-ring (bicyclic) bond motifs is 1. The number of β-amino-alcohol motifs (C(OH)–C–C–N with tert-alkyl or cyclic N) is 1. The molecule has 2 aromatic rings. The van der Waals surface area contributed by atoms with E-state index in [1.165, 1.54) is 0 Å². The first-order chi connectivity index (χ1) is 12.5. The number of aliphatic hydroxyl groups excluding tert-OH is 1. The number of aliphatic hydroxyl groups is 1. The first-order valence-corrected chi connectivity index (χ1v) is 9.15. The summed E-state index contributed by atoms with van der Waals surface area (Å²) in [5.74, 6) is -0.120. The third-order valence-corrected chi connectivity index (χ3v) is 5.28. The number of aryl methyl sites for hydroxylation is 2. The number of hydrogen-bond donors (Lipinski definition) is 1. The summed E-state index contributed by atoms with van der Waals surface area (Å²) >= 11 is 0. The van der Waals surface area contributed by atoms with Crippen LogP contribution in [-0.2, 0) is 4.74 Å². The lowest BCUT2D eigenvalue weighted by Gasteiger charge is -2.28. The van der Waals surface area contributed by atoms with Gasteiger partial charge in [0, 0.05) is 44.2 Å². The second-order valence-corrected chi connectivity index (χ2v) is 7.18. The van der Waals surface area contributed by atoms with Crippen molar-refractivity contribution in [2.75, 3.05) is 39.4 Å². The lowest BCUT2D eigenvalue weighted by atomic mass is 10.1. The summed E-state index contributed by atoms with van der Waals surface area (Å²) in [6, 6.07) is 1.89. The van der Waals surface area contributed by atoms with Crippen LogP contribution in [0.4, 0.5) is 0 Å². The Morgan fingerprint density at radius 3 is 2.96 bits per heavy atom. The summed E-state index contributed by atoms with van der Waals surface area (Å²) < 4.78 is 7.19. The predicted molar refractivity (Wildman–Crippen MR) is 95.2 cm³/mol. The zero-order chi connectivity index (χ0) is 18.3. The molecule has 2 aliphatic heterocycles. The average Bonchev–Trinajstić information content (AvgIpc) is 3.09. The number of rotatable bonds is 2. The predicted octanol–water partition coefficient (Wildman–Crippen LogP) is 0.254. The summed E-state index contributed by atoms with van der Waals surface area (Å²) in [4.78, 5) is 21.5. The van der Waals surface area contributed by atoms with Gasteiger partial charge in [0.2, 0.25) is 0 Å². The smallest absolute Gasteiger partial charge is 0.259 e. The van der Waals surface area contributed by atoms with Crippen LogP contribution in [0.5, 0.6) is 0 Å². The molecule has 0 saturated carbocycles. The third kappa shape index (κ3) is 3.08. The highest BCUT2D eigenvalue weighted by molar-refractivity contribution is 5.99. The van der Waals surface area contributed by atoms with Crippen LogP contribution in [0.25, 0.3) is 5.65 Å². The number of hydrogen-bond acceptors (Lipinski definition) is 6. The number of ether oxygens (including phenoxy) is 1. The maximum atomic E-state index is 13.1. The Labute approximate surface area is 152 Å². The molecule has 26 heavy (non-hydrogen) atoms. The van der Waals surface area contributed by atoms with Crippen LogP contribution in [0, 0.1) is 13.8 Å². The Morgan fingerprint density at radius 1 is 1.27 bits per heavy atom. The number of carbonyl (C=O) groups is 1. The first kappa shape index (κ1) is 17.4. The highest BCUT2D eigenvalue weighted by Crippen LogP contribution is 2.22. The van der Waals surface area contributed by atoms with Gasteiger partial charge in [0.1, 0.15) is 5.56 Å². The van der Waals surface area contributed by atoms with E-state index in [1.54, 1.807) is 15.6 Å². The summed E-state index contributed by atoms with van der Waals surface area (Å²) in [7, 11) is 0. The van der Waals surface area contributed by atoms with E-state index in [1.807, 2.05) is 19.9 Å². The zero-order valence-corrected chi connectivity index (χ0v) is 15.3. The molecular weight excluding hydrogens is 334 g/mol. The van der Waals surface area contributed by atoms with Gasteiger partial charge in [-0.15, -0.1) is 0 Å². The van der Waals surface area contributed by atoms with Gasteiger partial charge in [-0.2, -0.15) is 5.10 Å². The molecule has 1 N–H and O–H groups in total. The molecule has 0 unspecified atom stereocenters. The minimum atomic E-state index is -0.546. The van der Waals surface area contributed by atoms with E-state index < -0.39 is 6.10 Å².